The van der Waals surface area contributed by atoms with Gasteiger partial charge in [-0.2, -0.15) is 4.68 Å². The van der Waals surface area contributed by atoms with E-state index in [9.17, 15) is 4.79 Å². The van der Waals surface area contributed by atoms with Crippen molar-refractivity contribution in [2.24, 2.45) is 0 Å². The number of benzene rings is 3. The molecule has 3 aromatic carbocycles. The van der Waals surface area contributed by atoms with E-state index in [0.29, 0.717) is 23.1 Å². The van der Waals surface area contributed by atoms with E-state index >= 15 is 0 Å². The van der Waals surface area contributed by atoms with Gasteiger partial charge in [-0.15, -0.1) is 16.9 Å². The summed E-state index contributed by atoms with van der Waals surface area (Å²) in [5.41, 5.74) is 3.12. The lowest BCUT2D eigenvalue weighted by Gasteiger charge is -2.09. The van der Waals surface area contributed by atoms with Gasteiger partial charge in [0, 0.05) is 4.90 Å². The lowest BCUT2D eigenvalue weighted by atomic mass is 10.2. The predicted octanol–water partition coefficient (Wildman–Crippen LogP) is 4.08. The molecular weight excluding hydrogens is 410 g/mol. The summed E-state index contributed by atoms with van der Waals surface area (Å²) >= 11 is 1.50. The number of imidazole rings is 1. The second-order valence-corrected chi connectivity index (χ2v) is 7.70. The Morgan fingerprint density at radius 2 is 1.74 bits per heavy atom. The first-order chi connectivity index (χ1) is 15.3. The molecule has 2 heterocycles. The van der Waals surface area contributed by atoms with Crippen LogP contribution in [0.2, 0.25) is 0 Å². The van der Waals surface area contributed by atoms with Crippen LogP contribution in [-0.2, 0) is 5.75 Å². The van der Waals surface area contributed by atoms with Crippen LogP contribution in [-0.4, -0.2) is 36.1 Å². The third-order valence-electron chi connectivity index (χ3n) is 4.64. The fourth-order valence-electron chi connectivity index (χ4n) is 3.17. The molecule has 0 fully saturated rings. The fourth-order valence-corrected chi connectivity index (χ4v) is 4.13. The van der Waals surface area contributed by atoms with Gasteiger partial charge in [-0.05, 0) is 46.8 Å². The largest absolute Gasteiger partial charge is 0.324 e. The summed E-state index contributed by atoms with van der Waals surface area (Å²) in [5.74, 6) is 1.39. The predicted molar refractivity (Wildman–Crippen MR) is 119 cm³/mol. The Morgan fingerprint density at radius 1 is 0.968 bits per heavy atom. The van der Waals surface area contributed by atoms with Crippen LogP contribution in [0.25, 0.3) is 16.7 Å². The van der Waals surface area contributed by atoms with Gasteiger partial charge < -0.3 is 4.98 Å². The van der Waals surface area contributed by atoms with Crippen molar-refractivity contribution in [3.05, 3.63) is 90.3 Å². The topological polar surface area (TPSA) is 101 Å². The van der Waals surface area contributed by atoms with Gasteiger partial charge in [-0.3, -0.25) is 10.1 Å². The van der Waals surface area contributed by atoms with E-state index in [2.05, 4.69) is 30.8 Å². The third-order valence-corrected chi connectivity index (χ3v) is 5.71. The molecule has 0 atom stereocenters. The van der Waals surface area contributed by atoms with E-state index in [1.54, 1.807) is 10.7 Å². The number of aromatic amines is 1. The van der Waals surface area contributed by atoms with Gasteiger partial charge in [0.1, 0.15) is 0 Å². The number of carbonyl (C=O) groups excluding carboxylic acids is 1. The summed E-state index contributed by atoms with van der Waals surface area (Å²) in [5, 5.41) is 14.9. The second-order valence-electron chi connectivity index (χ2n) is 6.68. The normalized spacial score (nSPS) is 11.0. The smallest absolute Gasteiger partial charge is 0.259 e. The molecular formula is C22H17N7OS. The number of hydrogen-bond acceptors (Lipinski definition) is 6. The Labute approximate surface area is 181 Å². The third kappa shape index (κ3) is 4.03. The quantitative estimate of drug-likeness (QED) is 0.396. The number of amides is 1. The number of anilines is 1. The number of thioether (sulfide) groups is 1. The number of nitrogens with one attached hydrogen (secondary N) is 2. The number of carbonyl (C=O) groups is 1. The summed E-state index contributed by atoms with van der Waals surface area (Å²) < 4.78 is 1.70. The first-order valence-electron chi connectivity index (χ1n) is 9.58. The molecule has 0 bridgehead atoms. The van der Waals surface area contributed by atoms with Crippen LogP contribution in [0.5, 0.6) is 0 Å². The van der Waals surface area contributed by atoms with Crippen molar-refractivity contribution in [1.29, 1.82) is 0 Å². The molecule has 0 aliphatic heterocycles. The van der Waals surface area contributed by atoms with E-state index in [4.69, 9.17) is 0 Å². The molecule has 152 valence electrons. The van der Waals surface area contributed by atoms with Gasteiger partial charge in [-0.25, -0.2) is 4.98 Å². The van der Waals surface area contributed by atoms with Crippen molar-refractivity contribution in [1.82, 2.24) is 30.2 Å². The zero-order valence-electron chi connectivity index (χ0n) is 16.3. The molecule has 2 N–H and O–H groups in total. The number of tetrazole rings is 1. The number of para-hydroxylation sites is 3. The highest BCUT2D eigenvalue weighted by molar-refractivity contribution is 7.98. The van der Waals surface area contributed by atoms with Gasteiger partial charge in [0.15, 0.2) is 5.82 Å². The van der Waals surface area contributed by atoms with Crippen molar-refractivity contribution in [2.45, 2.75) is 10.6 Å². The standard InChI is InChI=1S/C22H17N7OS/c30-21(25-22-23-17-11-5-6-12-18(17)24-22)16-10-4-7-13-19(16)31-14-20-26-27-28-29(20)15-8-2-1-3-9-15/h1-13H,14H2,(H2,23,24,25,30). The Kier molecular flexibility index (Phi) is 5.16. The van der Waals surface area contributed by atoms with Gasteiger partial charge in [0.05, 0.1) is 28.0 Å². The van der Waals surface area contributed by atoms with Gasteiger partial charge >= 0.3 is 0 Å². The van der Waals surface area contributed by atoms with Crippen molar-refractivity contribution < 1.29 is 4.79 Å². The van der Waals surface area contributed by atoms with Gasteiger partial charge in [0.2, 0.25) is 5.95 Å². The monoisotopic (exact) mass is 427 g/mol. The molecule has 5 aromatic rings. The molecule has 0 spiro atoms. The Morgan fingerprint density at radius 3 is 2.61 bits per heavy atom. The summed E-state index contributed by atoms with van der Waals surface area (Å²) in [6.45, 7) is 0. The molecule has 8 nitrogen and oxygen atoms in total. The van der Waals surface area contributed by atoms with Crippen LogP contribution in [0.1, 0.15) is 16.2 Å². The number of H-pyrrole nitrogens is 1. The zero-order chi connectivity index (χ0) is 21.0. The summed E-state index contributed by atoms with van der Waals surface area (Å²) in [4.78, 5) is 21.3. The highest BCUT2D eigenvalue weighted by atomic mass is 32.2. The van der Waals surface area contributed by atoms with Crippen LogP contribution in [0.3, 0.4) is 0 Å². The molecule has 0 saturated heterocycles. The van der Waals surface area contributed by atoms with Crippen LogP contribution in [0.4, 0.5) is 5.95 Å². The highest BCUT2D eigenvalue weighted by Crippen LogP contribution is 2.27. The number of rotatable bonds is 6. The number of hydrogen-bond donors (Lipinski definition) is 2. The van der Waals surface area contributed by atoms with Crippen molar-refractivity contribution >= 4 is 34.7 Å². The van der Waals surface area contributed by atoms with Crippen LogP contribution in [0, 0.1) is 0 Å². The minimum absolute atomic E-state index is 0.232. The molecule has 2 aromatic heterocycles. The molecule has 0 saturated carbocycles. The van der Waals surface area contributed by atoms with Gasteiger partial charge in [0.25, 0.3) is 5.91 Å². The Hall–Kier alpha value is -3.98. The Bertz CT molecular complexity index is 1310. The minimum Gasteiger partial charge on any atom is -0.324 e. The maximum atomic E-state index is 12.9. The lowest BCUT2D eigenvalue weighted by molar-refractivity contribution is 0.102. The van der Waals surface area contributed by atoms with E-state index in [1.807, 2.05) is 72.8 Å². The number of aromatic nitrogens is 6. The summed E-state index contributed by atoms with van der Waals surface area (Å²) in [6.07, 6.45) is 0. The summed E-state index contributed by atoms with van der Waals surface area (Å²) in [7, 11) is 0. The SMILES string of the molecule is O=C(Nc1nc2ccccc2[nH]1)c1ccccc1SCc1nnnn1-c1ccccc1. The maximum Gasteiger partial charge on any atom is 0.259 e. The molecule has 0 aliphatic carbocycles. The zero-order valence-corrected chi connectivity index (χ0v) is 17.1. The van der Waals surface area contributed by atoms with Gasteiger partial charge in [-0.1, -0.05) is 42.5 Å². The van der Waals surface area contributed by atoms with Crippen molar-refractivity contribution in [3.8, 4) is 5.69 Å². The van der Waals surface area contributed by atoms with E-state index < -0.39 is 0 Å². The first-order valence-corrected chi connectivity index (χ1v) is 10.6. The van der Waals surface area contributed by atoms with E-state index in [-0.39, 0.29) is 5.91 Å². The first kappa shape index (κ1) is 19.0. The Balaban J connectivity index is 1.34. The lowest BCUT2D eigenvalue weighted by Crippen LogP contribution is -2.14. The average Bonchev–Trinajstić information content (AvgIpc) is 3.44. The molecule has 0 radical (unpaired) electrons. The second kappa shape index (κ2) is 8.41. The maximum absolute atomic E-state index is 12.9. The van der Waals surface area contributed by atoms with E-state index in [0.717, 1.165) is 21.6 Å². The number of nitrogens with zero attached hydrogens (tertiary/aromatic N) is 5. The molecule has 0 unspecified atom stereocenters. The fraction of sp³-hybridized carbons (Fsp3) is 0.0455. The summed E-state index contributed by atoms with van der Waals surface area (Å²) in [6, 6.07) is 24.8. The molecule has 31 heavy (non-hydrogen) atoms. The van der Waals surface area contributed by atoms with Crippen LogP contribution >= 0.6 is 11.8 Å². The van der Waals surface area contributed by atoms with Crippen LogP contribution < -0.4 is 5.32 Å². The molecule has 5 rings (SSSR count). The number of fused-ring (bicyclic) bond motifs is 1. The van der Waals surface area contributed by atoms with E-state index in [1.165, 1.54) is 11.8 Å². The minimum atomic E-state index is -0.232. The molecule has 9 heteroatoms. The van der Waals surface area contributed by atoms with Crippen molar-refractivity contribution in [3.63, 3.8) is 0 Å². The van der Waals surface area contributed by atoms with Crippen molar-refractivity contribution in [2.75, 3.05) is 5.32 Å². The average molecular weight is 427 g/mol. The molecule has 0 aliphatic rings. The molecule has 1 amide bonds. The highest BCUT2D eigenvalue weighted by Gasteiger charge is 2.15. The van der Waals surface area contributed by atoms with Crippen LogP contribution in [0.15, 0.2) is 83.8 Å².